The Morgan fingerprint density at radius 1 is 1.03 bits per heavy atom. The van der Waals surface area contributed by atoms with Gasteiger partial charge in [-0.1, -0.05) is 6.92 Å². The number of rotatable bonds is 6. The molecule has 0 amide bonds. The fourth-order valence-electron chi connectivity index (χ4n) is 4.39. The van der Waals surface area contributed by atoms with Gasteiger partial charge in [0.1, 0.15) is 5.82 Å². The molecule has 11 heteroatoms. The second-order valence-corrected chi connectivity index (χ2v) is 10.1. The highest BCUT2D eigenvalue weighted by molar-refractivity contribution is 7.80. The Kier molecular flexibility index (Phi) is 6.86. The SMILES string of the molecule is CC1(CNC(=S)Nc2ccc3c(c2)OCO3)COC(c2nc(-c3ccc(F)cc3)c(-c3ccncc3)[nH]2)OC1. The van der Waals surface area contributed by atoms with Crippen LogP contribution in [0.2, 0.25) is 0 Å². The van der Waals surface area contributed by atoms with Gasteiger partial charge in [-0.05, 0) is 60.7 Å². The van der Waals surface area contributed by atoms with Gasteiger partial charge in [0.15, 0.2) is 22.4 Å². The van der Waals surface area contributed by atoms with E-state index in [2.05, 4.69) is 27.5 Å². The van der Waals surface area contributed by atoms with E-state index in [-0.39, 0.29) is 18.0 Å². The van der Waals surface area contributed by atoms with Gasteiger partial charge >= 0.3 is 0 Å². The lowest BCUT2D eigenvalue weighted by atomic mass is 9.92. The third-order valence-electron chi connectivity index (χ3n) is 6.50. The van der Waals surface area contributed by atoms with Crippen LogP contribution in [0.25, 0.3) is 22.5 Å². The second kappa shape index (κ2) is 10.6. The van der Waals surface area contributed by atoms with Crippen LogP contribution < -0.4 is 20.1 Å². The number of pyridine rings is 1. The molecule has 0 aliphatic carbocycles. The first-order valence-electron chi connectivity index (χ1n) is 12.4. The number of nitrogens with one attached hydrogen (secondary N) is 3. The Hall–Kier alpha value is -4.06. The molecule has 2 aliphatic rings. The molecule has 1 saturated heterocycles. The van der Waals surface area contributed by atoms with Gasteiger partial charge in [-0.2, -0.15) is 0 Å². The molecule has 0 radical (unpaired) electrons. The van der Waals surface area contributed by atoms with Crippen LogP contribution in [0.1, 0.15) is 19.0 Å². The average molecular weight is 548 g/mol. The smallest absolute Gasteiger partial charge is 0.231 e. The molecule has 6 rings (SSSR count). The summed E-state index contributed by atoms with van der Waals surface area (Å²) in [6.45, 7) is 3.67. The zero-order valence-corrected chi connectivity index (χ0v) is 21.9. The Morgan fingerprint density at radius 3 is 2.54 bits per heavy atom. The van der Waals surface area contributed by atoms with Crippen LogP contribution in [0, 0.1) is 11.2 Å². The third-order valence-corrected chi connectivity index (χ3v) is 6.75. The summed E-state index contributed by atoms with van der Waals surface area (Å²) >= 11 is 5.48. The lowest BCUT2D eigenvalue weighted by Crippen LogP contribution is -2.46. The van der Waals surface area contributed by atoms with E-state index in [0.717, 1.165) is 22.5 Å². The molecule has 0 saturated carbocycles. The zero-order chi connectivity index (χ0) is 26.8. The minimum Gasteiger partial charge on any atom is -0.454 e. The lowest BCUT2D eigenvalue weighted by molar-refractivity contribution is -0.231. The summed E-state index contributed by atoms with van der Waals surface area (Å²) in [6.07, 6.45) is 2.75. The molecule has 2 aromatic heterocycles. The number of imidazole rings is 1. The van der Waals surface area contributed by atoms with E-state index in [1.54, 1.807) is 24.5 Å². The maximum Gasteiger partial charge on any atom is 0.231 e. The summed E-state index contributed by atoms with van der Waals surface area (Å²) < 4.78 is 36.6. The molecular formula is C28H26FN5O4S. The van der Waals surface area contributed by atoms with E-state index in [1.807, 2.05) is 30.3 Å². The van der Waals surface area contributed by atoms with Gasteiger partial charge in [-0.3, -0.25) is 4.98 Å². The molecule has 0 spiro atoms. The van der Waals surface area contributed by atoms with Crippen molar-refractivity contribution in [1.82, 2.24) is 20.3 Å². The van der Waals surface area contributed by atoms with E-state index < -0.39 is 6.29 Å². The summed E-state index contributed by atoms with van der Waals surface area (Å²) in [5, 5.41) is 6.90. The van der Waals surface area contributed by atoms with Crippen LogP contribution in [0.15, 0.2) is 67.0 Å². The van der Waals surface area contributed by atoms with Gasteiger partial charge in [0.2, 0.25) is 13.1 Å². The summed E-state index contributed by atoms with van der Waals surface area (Å²) in [7, 11) is 0. The number of hydrogen-bond donors (Lipinski definition) is 3. The molecule has 3 N–H and O–H groups in total. The minimum absolute atomic E-state index is 0.220. The Balaban J connectivity index is 1.10. The van der Waals surface area contributed by atoms with Crippen molar-refractivity contribution in [2.24, 2.45) is 5.41 Å². The predicted molar refractivity (Wildman–Crippen MR) is 147 cm³/mol. The molecular weight excluding hydrogens is 521 g/mol. The molecule has 2 aromatic carbocycles. The van der Waals surface area contributed by atoms with E-state index in [1.165, 1.54) is 12.1 Å². The average Bonchev–Trinajstić information content (AvgIpc) is 3.61. The first kappa shape index (κ1) is 25.2. The lowest BCUT2D eigenvalue weighted by Gasteiger charge is -2.37. The first-order valence-corrected chi connectivity index (χ1v) is 12.8. The van der Waals surface area contributed by atoms with Gasteiger partial charge < -0.3 is 34.6 Å². The van der Waals surface area contributed by atoms with Crippen LogP contribution >= 0.6 is 12.2 Å². The molecule has 4 aromatic rings. The van der Waals surface area contributed by atoms with E-state index in [4.69, 9.17) is 36.1 Å². The molecule has 2 aliphatic heterocycles. The summed E-state index contributed by atoms with van der Waals surface area (Å²) in [6, 6.07) is 15.6. The maximum atomic E-state index is 13.6. The number of H-pyrrole nitrogens is 1. The van der Waals surface area contributed by atoms with Crippen molar-refractivity contribution in [3.63, 3.8) is 0 Å². The van der Waals surface area contributed by atoms with Crippen molar-refractivity contribution in [2.45, 2.75) is 13.2 Å². The van der Waals surface area contributed by atoms with E-state index in [9.17, 15) is 4.39 Å². The fourth-order valence-corrected chi connectivity index (χ4v) is 4.58. The minimum atomic E-state index is -0.674. The summed E-state index contributed by atoms with van der Waals surface area (Å²) in [5.74, 6) is 1.63. The maximum absolute atomic E-state index is 13.6. The van der Waals surface area contributed by atoms with Gasteiger partial charge in [0.25, 0.3) is 0 Å². The van der Waals surface area contributed by atoms with Crippen LogP contribution in [0.5, 0.6) is 11.5 Å². The van der Waals surface area contributed by atoms with E-state index in [0.29, 0.717) is 47.9 Å². The largest absolute Gasteiger partial charge is 0.454 e. The van der Waals surface area contributed by atoms with Gasteiger partial charge in [-0.15, -0.1) is 0 Å². The normalized spacial score (nSPS) is 20.0. The van der Waals surface area contributed by atoms with Crippen molar-refractivity contribution >= 4 is 23.0 Å². The number of anilines is 1. The molecule has 9 nitrogen and oxygen atoms in total. The zero-order valence-electron chi connectivity index (χ0n) is 21.1. The van der Waals surface area contributed by atoms with Crippen molar-refractivity contribution in [3.05, 3.63) is 78.6 Å². The number of aromatic amines is 1. The van der Waals surface area contributed by atoms with Gasteiger partial charge in [0.05, 0.1) is 24.6 Å². The van der Waals surface area contributed by atoms with Crippen molar-refractivity contribution in [3.8, 4) is 34.0 Å². The molecule has 0 unspecified atom stereocenters. The van der Waals surface area contributed by atoms with E-state index >= 15 is 0 Å². The van der Waals surface area contributed by atoms with Gasteiger partial charge in [0, 0.05) is 47.2 Å². The monoisotopic (exact) mass is 547 g/mol. The number of halogens is 1. The molecule has 39 heavy (non-hydrogen) atoms. The van der Waals surface area contributed by atoms with Crippen LogP contribution in [-0.4, -0.2) is 46.6 Å². The fraction of sp³-hybridized carbons (Fsp3) is 0.250. The number of benzene rings is 2. The highest BCUT2D eigenvalue weighted by Gasteiger charge is 2.35. The Morgan fingerprint density at radius 2 is 1.77 bits per heavy atom. The summed E-state index contributed by atoms with van der Waals surface area (Å²) in [5.41, 5.74) is 3.62. The number of ether oxygens (including phenoxy) is 4. The van der Waals surface area contributed by atoms with Crippen molar-refractivity contribution < 1.29 is 23.3 Å². The Labute approximate surface area is 229 Å². The van der Waals surface area contributed by atoms with Crippen LogP contribution in [0.3, 0.4) is 0 Å². The quantitative estimate of drug-likeness (QED) is 0.286. The Bertz CT molecular complexity index is 1470. The number of thiocarbonyl (C=S) groups is 1. The van der Waals surface area contributed by atoms with Crippen LogP contribution in [-0.2, 0) is 9.47 Å². The summed E-state index contributed by atoms with van der Waals surface area (Å²) in [4.78, 5) is 12.2. The van der Waals surface area contributed by atoms with Crippen LogP contribution in [0.4, 0.5) is 10.1 Å². The highest BCUT2D eigenvalue weighted by atomic mass is 32.1. The number of hydrogen-bond acceptors (Lipinski definition) is 7. The predicted octanol–water partition coefficient (Wildman–Crippen LogP) is 5.04. The molecule has 0 atom stereocenters. The van der Waals surface area contributed by atoms with Gasteiger partial charge in [-0.25, -0.2) is 9.37 Å². The number of aromatic nitrogens is 3. The second-order valence-electron chi connectivity index (χ2n) is 9.73. The third kappa shape index (κ3) is 5.56. The molecule has 4 heterocycles. The standard InChI is InChI=1S/C28H26FN5O4S/c1-28(13-31-27(39)32-20-6-7-21-22(12-20)38-16-37-21)14-35-26(36-15-28)25-33-23(17-2-4-19(29)5-3-17)24(34-25)18-8-10-30-11-9-18/h2-12,26H,13-16H2,1H3,(H,33,34)(H2,31,32,39). The molecule has 1 fully saturated rings. The molecule has 0 bridgehead atoms. The first-order chi connectivity index (χ1) is 19.0. The van der Waals surface area contributed by atoms with Crippen molar-refractivity contribution in [2.75, 3.05) is 31.9 Å². The molecule has 200 valence electrons. The number of fused-ring (bicyclic) bond motifs is 1. The highest BCUT2D eigenvalue weighted by Crippen LogP contribution is 2.36. The number of nitrogens with zero attached hydrogens (tertiary/aromatic N) is 2. The van der Waals surface area contributed by atoms with Crippen molar-refractivity contribution in [1.29, 1.82) is 0 Å². The topological polar surface area (TPSA) is 103 Å².